The molecule has 6 nitrogen and oxygen atoms in total. The molecule has 4 rings (SSSR count). The molecule has 0 unspecified atom stereocenters. The first-order chi connectivity index (χ1) is 13.6. The van der Waals surface area contributed by atoms with Gasteiger partial charge in [0.2, 0.25) is 0 Å². The molecule has 1 aromatic carbocycles. The number of rotatable bonds is 4. The Morgan fingerprint density at radius 2 is 2.21 bits per heavy atom. The van der Waals surface area contributed by atoms with E-state index in [1.54, 1.807) is 6.07 Å². The van der Waals surface area contributed by atoms with Crippen LogP contribution < -0.4 is 5.32 Å². The van der Waals surface area contributed by atoms with Crippen LogP contribution in [0, 0.1) is 6.92 Å². The predicted octanol–water partition coefficient (Wildman–Crippen LogP) is 4.82. The van der Waals surface area contributed by atoms with Gasteiger partial charge in [0.15, 0.2) is 5.65 Å². The lowest BCUT2D eigenvalue weighted by atomic mass is 10.1. The average molecular weight is 398 g/mol. The molecule has 3 heterocycles. The second-order valence-corrected chi connectivity index (χ2v) is 7.73. The number of imidazole rings is 1. The molecule has 7 heteroatoms. The molecule has 0 bridgehead atoms. The highest BCUT2D eigenvalue weighted by Crippen LogP contribution is 2.30. The van der Waals surface area contributed by atoms with Crippen LogP contribution >= 0.6 is 11.6 Å². The maximum atomic E-state index is 12.8. The number of urea groups is 1. The number of likely N-dealkylation sites (tertiary alicyclic amines) is 1. The first-order valence-electron chi connectivity index (χ1n) is 9.70. The highest BCUT2D eigenvalue weighted by atomic mass is 35.5. The molecule has 1 fully saturated rings. The van der Waals surface area contributed by atoms with Gasteiger partial charge in [-0.2, -0.15) is 0 Å². The molecule has 146 valence electrons. The molecule has 0 spiro atoms. The molecule has 2 amide bonds. The largest absolute Gasteiger partial charge is 0.324 e. The maximum Gasteiger partial charge on any atom is 0.321 e. The van der Waals surface area contributed by atoms with Gasteiger partial charge in [-0.05, 0) is 49.6 Å². The zero-order valence-corrected chi connectivity index (χ0v) is 16.9. The number of hydrogen-bond acceptors (Lipinski definition) is 3. The zero-order chi connectivity index (χ0) is 19.7. The molecule has 0 radical (unpaired) electrons. The minimum Gasteiger partial charge on any atom is -0.324 e. The molecule has 0 aliphatic carbocycles. The molecule has 2 aromatic heterocycles. The monoisotopic (exact) mass is 397 g/mol. The number of benzene rings is 1. The van der Waals surface area contributed by atoms with Crippen molar-refractivity contribution in [1.29, 1.82) is 0 Å². The van der Waals surface area contributed by atoms with E-state index < -0.39 is 0 Å². The summed E-state index contributed by atoms with van der Waals surface area (Å²) < 4.78 is 2.21. The van der Waals surface area contributed by atoms with Crippen molar-refractivity contribution in [3.8, 4) is 0 Å². The minimum absolute atomic E-state index is 0.0934. The van der Waals surface area contributed by atoms with Gasteiger partial charge in [0.25, 0.3) is 0 Å². The first kappa shape index (κ1) is 18.7. The highest BCUT2D eigenvalue weighted by molar-refractivity contribution is 6.31. The number of hydrogen-bond donors (Lipinski definition) is 1. The van der Waals surface area contributed by atoms with Gasteiger partial charge in [-0.25, -0.2) is 14.8 Å². The standard InChI is InChI=1S/C21H24ClN5O/c1-3-10-27-19(24-17-5-4-9-23-20(17)27)15-8-11-26(13-15)21(28)25-18-12-16(22)7-6-14(18)2/h4-7,9,12,15H,3,8,10-11,13H2,1-2H3,(H,25,28)/t15-/m0/s1. The Morgan fingerprint density at radius 1 is 1.36 bits per heavy atom. The number of carbonyl (C=O) groups is 1. The van der Waals surface area contributed by atoms with Gasteiger partial charge in [0, 0.05) is 42.5 Å². The van der Waals surface area contributed by atoms with Crippen LogP contribution in [0.3, 0.4) is 0 Å². The Morgan fingerprint density at radius 3 is 3.04 bits per heavy atom. The summed E-state index contributed by atoms with van der Waals surface area (Å²) in [5.41, 5.74) is 3.59. The number of nitrogens with zero attached hydrogens (tertiary/aromatic N) is 4. The van der Waals surface area contributed by atoms with Crippen molar-refractivity contribution in [2.24, 2.45) is 0 Å². The van der Waals surface area contributed by atoms with Crippen LogP contribution in [0.2, 0.25) is 5.02 Å². The molecule has 28 heavy (non-hydrogen) atoms. The number of amides is 2. The fourth-order valence-corrected chi connectivity index (χ4v) is 3.98. The van der Waals surface area contributed by atoms with E-state index in [0.29, 0.717) is 18.1 Å². The first-order valence-corrected chi connectivity index (χ1v) is 10.1. The van der Waals surface area contributed by atoms with Crippen LogP contribution in [0.5, 0.6) is 0 Å². The van der Waals surface area contributed by atoms with E-state index in [1.807, 2.05) is 42.3 Å². The Labute approximate surface area is 169 Å². The molecule has 1 atom stereocenters. The van der Waals surface area contributed by atoms with Crippen LogP contribution in [-0.4, -0.2) is 38.6 Å². The summed E-state index contributed by atoms with van der Waals surface area (Å²) in [6, 6.07) is 9.34. The lowest BCUT2D eigenvalue weighted by molar-refractivity contribution is 0.222. The van der Waals surface area contributed by atoms with E-state index in [9.17, 15) is 4.79 Å². The van der Waals surface area contributed by atoms with Gasteiger partial charge >= 0.3 is 6.03 Å². The molecular weight excluding hydrogens is 374 g/mol. The zero-order valence-electron chi connectivity index (χ0n) is 16.2. The predicted molar refractivity (Wildman–Crippen MR) is 112 cm³/mol. The normalized spacial score (nSPS) is 16.7. The summed E-state index contributed by atoms with van der Waals surface area (Å²) in [5.74, 6) is 1.25. The Hall–Kier alpha value is -2.60. The van der Waals surface area contributed by atoms with Gasteiger partial charge in [0.05, 0.1) is 0 Å². The van der Waals surface area contributed by atoms with E-state index in [4.69, 9.17) is 16.6 Å². The third kappa shape index (κ3) is 3.56. The van der Waals surface area contributed by atoms with E-state index in [-0.39, 0.29) is 11.9 Å². The number of anilines is 1. The van der Waals surface area contributed by atoms with Crippen LogP contribution in [0.1, 0.15) is 37.1 Å². The van der Waals surface area contributed by atoms with E-state index >= 15 is 0 Å². The summed E-state index contributed by atoms with van der Waals surface area (Å²) in [4.78, 5) is 24.0. The third-order valence-corrected chi connectivity index (χ3v) is 5.50. The quantitative estimate of drug-likeness (QED) is 0.686. The van der Waals surface area contributed by atoms with Crippen LogP contribution in [0.15, 0.2) is 36.5 Å². The second kappa shape index (κ2) is 7.80. The van der Waals surface area contributed by atoms with E-state index in [1.165, 1.54) is 0 Å². The number of aryl methyl sites for hydroxylation is 2. The van der Waals surface area contributed by atoms with Crippen LogP contribution in [0.25, 0.3) is 11.2 Å². The van der Waals surface area contributed by atoms with Crippen molar-refractivity contribution in [2.75, 3.05) is 18.4 Å². The lowest BCUT2D eigenvalue weighted by Crippen LogP contribution is -2.33. The number of halogens is 1. The van der Waals surface area contributed by atoms with Gasteiger partial charge < -0.3 is 14.8 Å². The molecular formula is C21H24ClN5O. The lowest BCUT2D eigenvalue weighted by Gasteiger charge is -2.19. The number of carbonyl (C=O) groups excluding carboxylic acids is 1. The van der Waals surface area contributed by atoms with Crippen molar-refractivity contribution in [3.63, 3.8) is 0 Å². The van der Waals surface area contributed by atoms with Crippen molar-refractivity contribution in [1.82, 2.24) is 19.4 Å². The SMILES string of the molecule is CCCn1c([C@H]2CCN(C(=O)Nc3cc(Cl)ccc3C)C2)nc2cccnc21. The van der Waals surface area contributed by atoms with Gasteiger partial charge in [0.1, 0.15) is 11.3 Å². The highest BCUT2D eigenvalue weighted by Gasteiger charge is 2.31. The van der Waals surface area contributed by atoms with Gasteiger partial charge in [-0.3, -0.25) is 0 Å². The number of fused-ring (bicyclic) bond motifs is 1. The average Bonchev–Trinajstić information content (AvgIpc) is 3.30. The molecule has 1 saturated heterocycles. The molecule has 1 N–H and O–H groups in total. The maximum absolute atomic E-state index is 12.8. The van der Waals surface area contributed by atoms with Gasteiger partial charge in [-0.1, -0.05) is 24.6 Å². The number of aromatic nitrogens is 3. The van der Waals surface area contributed by atoms with Crippen LogP contribution in [0.4, 0.5) is 10.5 Å². The smallest absolute Gasteiger partial charge is 0.321 e. The summed E-state index contributed by atoms with van der Waals surface area (Å²) in [6.45, 7) is 6.35. The number of pyridine rings is 1. The van der Waals surface area contributed by atoms with Crippen molar-refractivity contribution < 1.29 is 4.79 Å². The molecule has 1 aliphatic rings. The van der Waals surface area contributed by atoms with Gasteiger partial charge in [-0.15, -0.1) is 0 Å². The van der Waals surface area contributed by atoms with Crippen LogP contribution in [-0.2, 0) is 6.54 Å². The number of nitrogens with one attached hydrogen (secondary N) is 1. The van der Waals surface area contributed by atoms with Crippen molar-refractivity contribution in [2.45, 2.75) is 39.2 Å². The van der Waals surface area contributed by atoms with E-state index in [2.05, 4.69) is 21.8 Å². The summed E-state index contributed by atoms with van der Waals surface area (Å²) in [5, 5.41) is 3.61. The third-order valence-electron chi connectivity index (χ3n) is 5.26. The molecule has 0 saturated carbocycles. The fourth-order valence-electron chi connectivity index (χ4n) is 3.81. The summed E-state index contributed by atoms with van der Waals surface area (Å²) in [7, 11) is 0. The minimum atomic E-state index is -0.0934. The van der Waals surface area contributed by atoms with E-state index in [0.717, 1.165) is 47.6 Å². The Balaban J connectivity index is 1.52. The fraction of sp³-hybridized carbons (Fsp3) is 0.381. The Bertz CT molecular complexity index is 1020. The molecule has 1 aliphatic heterocycles. The second-order valence-electron chi connectivity index (χ2n) is 7.29. The van der Waals surface area contributed by atoms with Crippen molar-refractivity contribution in [3.05, 3.63) is 52.9 Å². The summed E-state index contributed by atoms with van der Waals surface area (Å²) in [6.07, 6.45) is 3.72. The Kier molecular flexibility index (Phi) is 5.22. The molecule has 3 aromatic rings. The van der Waals surface area contributed by atoms with Crippen molar-refractivity contribution >= 4 is 34.5 Å². The summed E-state index contributed by atoms with van der Waals surface area (Å²) >= 11 is 6.07. The topological polar surface area (TPSA) is 63.1 Å².